The second-order valence-electron chi connectivity index (χ2n) is 7.18. The smallest absolute Gasteiger partial charge is 0.252 e. The largest absolute Gasteiger partial charge is 0.353 e. The minimum absolute atomic E-state index is 0.00438. The number of fused-ring (bicyclic) bond motifs is 2. The molecular weight excluding hydrogens is 324 g/mol. The van der Waals surface area contributed by atoms with Gasteiger partial charge in [-0.05, 0) is 56.1 Å². The average Bonchev–Trinajstić information content (AvgIpc) is 3.18. The van der Waals surface area contributed by atoms with Gasteiger partial charge in [-0.2, -0.15) is 0 Å². The Morgan fingerprint density at radius 1 is 1.25 bits per heavy atom. The summed E-state index contributed by atoms with van der Waals surface area (Å²) in [7, 11) is 0. The maximum Gasteiger partial charge on any atom is 0.252 e. The molecule has 24 heavy (non-hydrogen) atoms. The molecule has 0 spiro atoms. The van der Waals surface area contributed by atoms with E-state index in [-0.39, 0.29) is 17.9 Å². The van der Waals surface area contributed by atoms with Crippen LogP contribution < -0.4 is 10.6 Å². The van der Waals surface area contributed by atoms with E-state index >= 15 is 0 Å². The van der Waals surface area contributed by atoms with Crippen molar-refractivity contribution in [1.29, 1.82) is 0 Å². The van der Waals surface area contributed by atoms with Crippen LogP contribution in [0.3, 0.4) is 0 Å². The summed E-state index contributed by atoms with van der Waals surface area (Å²) in [5.41, 5.74) is 0.440. The van der Waals surface area contributed by atoms with Crippen molar-refractivity contribution >= 4 is 23.4 Å². The Morgan fingerprint density at radius 2 is 2.04 bits per heavy atom. The fourth-order valence-electron chi connectivity index (χ4n) is 4.37. The van der Waals surface area contributed by atoms with Gasteiger partial charge in [0.2, 0.25) is 5.91 Å². The van der Waals surface area contributed by atoms with Gasteiger partial charge in [-0.25, -0.2) is 0 Å². The highest BCUT2D eigenvalue weighted by molar-refractivity contribution is 6.33. The first-order valence-electron chi connectivity index (χ1n) is 8.86. The molecule has 0 aromatic heterocycles. The van der Waals surface area contributed by atoms with Crippen LogP contribution in [0.5, 0.6) is 0 Å². The topological polar surface area (TPSA) is 58.2 Å². The van der Waals surface area contributed by atoms with Crippen LogP contribution in [0.2, 0.25) is 5.02 Å². The predicted octanol–water partition coefficient (Wildman–Crippen LogP) is 3.40. The maximum atomic E-state index is 12.1. The van der Waals surface area contributed by atoms with Crippen LogP contribution in [-0.2, 0) is 4.79 Å². The van der Waals surface area contributed by atoms with Crippen molar-refractivity contribution < 1.29 is 9.59 Å². The third-order valence-corrected chi connectivity index (χ3v) is 5.91. The molecule has 0 aliphatic heterocycles. The zero-order chi connectivity index (χ0) is 17.1. The van der Waals surface area contributed by atoms with Gasteiger partial charge < -0.3 is 10.6 Å². The Hall–Kier alpha value is -1.55. The first-order chi connectivity index (χ1) is 11.5. The molecule has 0 saturated heterocycles. The van der Waals surface area contributed by atoms with E-state index in [0.717, 1.165) is 11.8 Å². The lowest BCUT2D eigenvalue weighted by Crippen LogP contribution is -2.41. The highest BCUT2D eigenvalue weighted by atomic mass is 35.5. The van der Waals surface area contributed by atoms with E-state index in [1.54, 1.807) is 24.3 Å². The number of halogens is 1. The summed E-state index contributed by atoms with van der Waals surface area (Å²) >= 11 is 5.99. The summed E-state index contributed by atoms with van der Waals surface area (Å²) in [6.45, 7) is 2.44. The summed E-state index contributed by atoms with van der Waals surface area (Å²) in [4.78, 5) is 24.2. The minimum Gasteiger partial charge on any atom is -0.353 e. The van der Waals surface area contributed by atoms with Crippen LogP contribution >= 0.6 is 11.6 Å². The van der Waals surface area contributed by atoms with Crippen LogP contribution in [0, 0.1) is 17.8 Å². The van der Waals surface area contributed by atoms with E-state index in [0.29, 0.717) is 29.5 Å². The quantitative estimate of drug-likeness (QED) is 0.827. The zero-order valence-electron chi connectivity index (χ0n) is 14.1. The van der Waals surface area contributed by atoms with Crippen molar-refractivity contribution in [1.82, 2.24) is 10.6 Å². The second-order valence-corrected chi connectivity index (χ2v) is 7.59. The summed E-state index contributed by atoms with van der Waals surface area (Å²) in [5, 5.41) is 6.29. The Kier molecular flexibility index (Phi) is 5.44. The SMILES string of the molecule is C[C@@H](NC(=O)CCNC(=O)c1ccccc1Cl)[C@H]1C[C@H]2CC[C@H]1C2. The van der Waals surface area contributed by atoms with Crippen molar-refractivity contribution in [2.75, 3.05) is 6.54 Å². The van der Waals surface area contributed by atoms with Gasteiger partial charge in [0.05, 0.1) is 10.6 Å². The number of carbonyl (C=O) groups excluding carboxylic acids is 2. The van der Waals surface area contributed by atoms with Gasteiger partial charge in [-0.3, -0.25) is 9.59 Å². The van der Waals surface area contributed by atoms with Crippen molar-refractivity contribution in [3.8, 4) is 0 Å². The number of nitrogens with one attached hydrogen (secondary N) is 2. The molecule has 2 N–H and O–H groups in total. The molecule has 130 valence electrons. The number of hydrogen-bond donors (Lipinski definition) is 2. The fraction of sp³-hybridized carbons (Fsp3) is 0.579. The number of amides is 2. The molecule has 2 aliphatic rings. The van der Waals surface area contributed by atoms with E-state index < -0.39 is 0 Å². The molecule has 1 aromatic carbocycles. The molecule has 5 heteroatoms. The van der Waals surface area contributed by atoms with Crippen molar-refractivity contribution in [3.63, 3.8) is 0 Å². The predicted molar refractivity (Wildman–Crippen MR) is 94.9 cm³/mol. The summed E-state index contributed by atoms with van der Waals surface area (Å²) in [6, 6.07) is 7.13. The van der Waals surface area contributed by atoms with Crippen LogP contribution in [0.25, 0.3) is 0 Å². The molecule has 1 aromatic rings. The Bertz CT molecular complexity index is 619. The van der Waals surface area contributed by atoms with Crippen LogP contribution in [-0.4, -0.2) is 24.4 Å². The van der Waals surface area contributed by atoms with E-state index in [1.807, 2.05) is 0 Å². The number of hydrogen-bond acceptors (Lipinski definition) is 2. The second kappa shape index (κ2) is 7.56. The molecule has 2 fully saturated rings. The summed E-state index contributed by atoms with van der Waals surface area (Å²) in [5.74, 6) is 2.07. The molecule has 0 radical (unpaired) electrons. The molecule has 3 rings (SSSR count). The number of carbonyl (C=O) groups is 2. The average molecular weight is 349 g/mol. The standard InChI is InChI=1S/C19H25ClN2O2/c1-12(16-11-13-6-7-14(16)10-13)22-18(23)8-9-21-19(24)15-4-2-3-5-17(15)20/h2-5,12-14,16H,6-11H2,1H3,(H,21,24)(H,22,23)/t12-,13+,14+,16-/m1/s1. The van der Waals surface area contributed by atoms with Crippen molar-refractivity contribution in [2.24, 2.45) is 17.8 Å². The van der Waals surface area contributed by atoms with Crippen LogP contribution in [0.15, 0.2) is 24.3 Å². The summed E-state index contributed by atoms with van der Waals surface area (Å²) < 4.78 is 0. The van der Waals surface area contributed by atoms with E-state index in [4.69, 9.17) is 11.6 Å². The van der Waals surface area contributed by atoms with Gasteiger partial charge >= 0.3 is 0 Å². The van der Waals surface area contributed by atoms with E-state index in [2.05, 4.69) is 17.6 Å². The first kappa shape index (κ1) is 17.3. The lowest BCUT2D eigenvalue weighted by Gasteiger charge is -2.28. The molecule has 4 nitrogen and oxygen atoms in total. The molecule has 2 amide bonds. The van der Waals surface area contributed by atoms with E-state index in [1.165, 1.54) is 25.7 Å². The van der Waals surface area contributed by atoms with Gasteiger partial charge in [0.1, 0.15) is 0 Å². The van der Waals surface area contributed by atoms with Crippen molar-refractivity contribution in [2.45, 2.75) is 45.1 Å². The van der Waals surface area contributed by atoms with Crippen LogP contribution in [0.1, 0.15) is 49.4 Å². The third-order valence-electron chi connectivity index (χ3n) is 5.58. The lowest BCUT2D eigenvalue weighted by atomic mass is 9.84. The van der Waals surface area contributed by atoms with Gasteiger partial charge in [-0.1, -0.05) is 30.2 Å². The molecule has 2 bridgehead atoms. The van der Waals surface area contributed by atoms with Gasteiger partial charge in [-0.15, -0.1) is 0 Å². The normalized spacial score (nSPS) is 26.2. The molecule has 4 atom stereocenters. The molecule has 0 heterocycles. The fourth-order valence-corrected chi connectivity index (χ4v) is 4.59. The Balaban J connectivity index is 1.40. The number of rotatable bonds is 6. The summed E-state index contributed by atoms with van der Waals surface area (Å²) in [6.07, 6.45) is 5.59. The molecule has 2 saturated carbocycles. The first-order valence-corrected chi connectivity index (χ1v) is 9.24. The van der Waals surface area contributed by atoms with Gasteiger partial charge in [0.15, 0.2) is 0 Å². The van der Waals surface area contributed by atoms with Gasteiger partial charge in [0.25, 0.3) is 5.91 Å². The lowest BCUT2D eigenvalue weighted by molar-refractivity contribution is -0.122. The highest BCUT2D eigenvalue weighted by Gasteiger charge is 2.42. The molecule has 0 unspecified atom stereocenters. The number of benzene rings is 1. The Labute approximate surface area is 148 Å². The highest BCUT2D eigenvalue weighted by Crippen LogP contribution is 2.49. The molecular formula is C19H25ClN2O2. The monoisotopic (exact) mass is 348 g/mol. The minimum atomic E-state index is -0.241. The Morgan fingerprint density at radius 3 is 2.71 bits per heavy atom. The zero-order valence-corrected chi connectivity index (χ0v) is 14.8. The van der Waals surface area contributed by atoms with Crippen LogP contribution in [0.4, 0.5) is 0 Å². The third kappa shape index (κ3) is 3.92. The van der Waals surface area contributed by atoms with Gasteiger partial charge in [0, 0.05) is 19.0 Å². The maximum absolute atomic E-state index is 12.1. The van der Waals surface area contributed by atoms with E-state index in [9.17, 15) is 9.59 Å². The van der Waals surface area contributed by atoms with Crippen molar-refractivity contribution in [3.05, 3.63) is 34.9 Å². The molecule has 2 aliphatic carbocycles.